The van der Waals surface area contributed by atoms with Crippen molar-refractivity contribution >= 4 is 40.9 Å². The summed E-state index contributed by atoms with van der Waals surface area (Å²) in [6.07, 6.45) is 4.75. The molecule has 8 nitrogen and oxygen atoms in total. The summed E-state index contributed by atoms with van der Waals surface area (Å²) in [4.78, 5) is 48.7. The Morgan fingerprint density at radius 1 is 1.11 bits per heavy atom. The molecule has 1 N–H and O–H groups in total. The van der Waals surface area contributed by atoms with Crippen LogP contribution in [-0.2, 0) is 14.4 Å². The zero-order valence-electron chi connectivity index (χ0n) is 26.1. The molecule has 3 heterocycles. The van der Waals surface area contributed by atoms with Gasteiger partial charge in [-0.15, -0.1) is 24.9 Å². The highest BCUT2D eigenvalue weighted by Crippen LogP contribution is 2.67. The third kappa shape index (κ3) is 5.24. The largest absolute Gasteiger partial charge is 0.494 e. The normalized spacial score (nSPS) is 25.8. The molecule has 3 saturated heterocycles. The van der Waals surface area contributed by atoms with Crippen molar-refractivity contribution in [3.63, 3.8) is 0 Å². The molecule has 9 heteroatoms. The van der Waals surface area contributed by atoms with E-state index in [2.05, 4.69) is 13.2 Å². The summed E-state index contributed by atoms with van der Waals surface area (Å²) in [5, 5.41) is 10.2. The molecular weight excluding hydrogens is 574 g/mol. The van der Waals surface area contributed by atoms with Gasteiger partial charge in [0.1, 0.15) is 11.8 Å². The number of anilines is 2. The fourth-order valence-corrected chi connectivity index (χ4v) is 9.52. The number of aryl methyl sites for hydroxylation is 2. The second-order valence-corrected chi connectivity index (χ2v) is 13.6. The summed E-state index contributed by atoms with van der Waals surface area (Å²) in [5.74, 6) is -1.15. The van der Waals surface area contributed by atoms with E-state index in [1.165, 1.54) is 0 Å². The minimum atomic E-state index is -0.826. The van der Waals surface area contributed by atoms with E-state index in [4.69, 9.17) is 4.74 Å². The van der Waals surface area contributed by atoms with Gasteiger partial charge in [-0.1, -0.05) is 24.3 Å². The van der Waals surface area contributed by atoms with Crippen LogP contribution in [-0.4, -0.2) is 76.1 Å². The van der Waals surface area contributed by atoms with E-state index in [1.54, 1.807) is 45.5 Å². The van der Waals surface area contributed by atoms with E-state index in [1.807, 2.05) is 63.2 Å². The first-order valence-corrected chi connectivity index (χ1v) is 16.3. The lowest BCUT2D eigenvalue weighted by atomic mass is 9.70. The number of ether oxygens (including phenoxy) is 1. The van der Waals surface area contributed by atoms with Gasteiger partial charge in [0.2, 0.25) is 11.8 Å². The number of thioether (sulfide) groups is 1. The van der Waals surface area contributed by atoms with Crippen molar-refractivity contribution in [2.45, 2.75) is 62.6 Å². The minimum absolute atomic E-state index is 0.0955. The molecule has 0 aromatic heterocycles. The van der Waals surface area contributed by atoms with Crippen LogP contribution in [0.15, 0.2) is 67.8 Å². The summed E-state index contributed by atoms with van der Waals surface area (Å²) in [5.41, 5.74) is 3.44. The van der Waals surface area contributed by atoms with Gasteiger partial charge in [-0.3, -0.25) is 14.4 Å². The monoisotopic (exact) mass is 617 g/mol. The number of benzene rings is 2. The number of carbonyl (C=O) groups is 3. The standard InChI is InChI=1S/C35H43N3O5S/c1-7-18-36(25-12-14-26(15-13-25)43-9-3)32(40)29-28-16-17-35(44-28)30(29)33(41)38(24(6)21-39)31(35)34(42)37(19-8-2)27-20-22(4)10-11-23(27)5/h7-8,10-15,20,24,28-31,39H,1-2,9,16-19,21H2,3-6H3/t24-,28+,29-,30+,31?,35?/m1/s1. The van der Waals surface area contributed by atoms with Crippen molar-refractivity contribution in [1.82, 2.24) is 4.90 Å². The molecule has 2 unspecified atom stereocenters. The maximum absolute atomic E-state index is 14.8. The number of aliphatic hydroxyl groups excluding tert-OH is 1. The Hall–Kier alpha value is -3.56. The van der Waals surface area contributed by atoms with Crippen LogP contribution in [0.4, 0.5) is 11.4 Å². The van der Waals surface area contributed by atoms with Gasteiger partial charge in [-0.25, -0.2) is 0 Å². The Morgan fingerprint density at radius 3 is 2.43 bits per heavy atom. The molecule has 5 rings (SSSR count). The van der Waals surface area contributed by atoms with Gasteiger partial charge in [0.25, 0.3) is 5.91 Å². The molecule has 2 aromatic rings. The molecule has 2 aromatic carbocycles. The fraction of sp³-hybridized carbons (Fsp3) is 0.457. The summed E-state index contributed by atoms with van der Waals surface area (Å²) in [6, 6.07) is 11.9. The van der Waals surface area contributed by atoms with Crippen LogP contribution in [0.3, 0.4) is 0 Å². The first kappa shape index (κ1) is 31.9. The number of rotatable bonds is 12. The molecule has 0 radical (unpaired) electrons. The van der Waals surface area contributed by atoms with Crippen LogP contribution in [0.25, 0.3) is 0 Å². The van der Waals surface area contributed by atoms with Crippen molar-refractivity contribution in [2.75, 3.05) is 36.1 Å². The van der Waals surface area contributed by atoms with Crippen LogP contribution < -0.4 is 14.5 Å². The molecule has 3 aliphatic heterocycles. The first-order valence-electron chi connectivity index (χ1n) is 15.4. The average Bonchev–Trinajstić information content (AvgIpc) is 3.67. The Morgan fingerprint density at radius 2 is 1.80 bits per heavy atom. The minimum Gasteiger partial charge on any atom is -0.494 e. The number of hydrogen-bond donors (Lipinski definition) is 1. The Kier molecular flexibility index (Phi) is 9.28. The second kappa shape index (κ2) is 12.8. The number of fused-ring (bicyclic) bond motifs is 1. The maximum Gasteiger partial charge on any atom is 0.251 e. The molecule has 234 valence electrons. The van der Waals surface area contributed by atoms with Gasteiger partial charge in [-0.05, 0) is 82.0 Å². The van der Waals surface area contributed by atoms with Crippen LogP contribution >= 0.6 is 11.8 Å². The summed E-state index contributed by atoms with van der Waals surface area (Å²) >= 11 is 1.62. The predicted octanol–water partition coefficient (Wildman–Crippen LogP) is 4.91. The van der Waals surface area contributed by atoms with E-state index in [-0.39, 0.29) is 42.7 Å². The third-order valence-corrected chi connectivity index (χ3v) is 11.2. The summed E-state index contributed by atoms with van der Waals surface area (Å²) < 4.78 is 4.81. The highest BCUT2D eigenvalue weighted by Gasteiger charge is 2.74. The number of nitrogens with zero attached hydrogens (tertiary/aromatic N) is 3. The van der Waals surface area contributed by atoms with E-state index >= 15 is 0 Å². The average molecular weight is 618 g/mol. The predicted molar refractivity (Wildman–Crippen MR) is 176 cm³/mol. The fourth-order valence-electron chi connectivity index (χ4n) is 7.33. The molecule has 3 fully saturated rings. The van der Waals surface area contributed by atoms with Gasteiger partial charge in [0.15, 0.2) is 0 Å². The van der Waals surface area contributed by atoms with Gasteiger partial charge in [0, 0.05) is 29.7 Å². The first-order chi connectivity index (χ1) is 21.1. The molecule has 3 amide bonds. The van der Waals surface area contributed by atoms with Crippen molar-refractivity contribution in [3.05, 3.63) is 78.9 Å². The van der Waals surface area contributed by atoms with Crippen LogP contribution in [0, 0.1) is 25.7 Å². The number of likely N-dealkylation sites (tertiary alicyclic amines) is 1. The lowest BCUT2D eigenvalue weighted by molar-refractivity contribution is -0.141. The molecule has 2 bridgehead atoms. The Bertz CT molecular complexity index is 1440. The molecule has 44 heavy (non-hydrogen) atoms. The highest BCUT2D eigenvalue weighted by molar-refractivity contribution is 8.02. The molecule has 0 aliphatic carbocycles. The van der Waals surface area contributed by atoms with Crippen LogP contribution in [0.2, 0.25) is 0 Å². The number of amides is 3. The lowest BCUT2D eigenvalue weighted by Crippen LogP contribution is -2.57. The number of aliphatic hydroxyl groups is 1. The molecule has 6 atom stereocenters. The second-order valence-electron chi connectivity index (χ2n) is 12.0. The quantitative estimate of drug-likeness (QED) is 0.341. The molecule has 1 spiro atoms. The highest BCUT2D eigenvalue weighted by atomic mass is 32.2. The molecule has 0 saturated carbocycles. The van der Waals surface area contributed by atoms with Crippen molar-refractivity contribution in [2.24, 2.45) is 11.8 Å². The number of carbonyl (C=O) groups excluding carboxylic acids is 3. The SMILES string of the molecule is C=CCN(C(=O)[C@@H]1[C@@H]2CCC3(S2)C(C(=O)N(CC=C)c2cc(C)ccc2C)N([C@H](C)CO)C(=O)[C@H]13)c1ccc(OCC)cc1. The zero-order chi connectivity index (χ0) is 31.8. The van der Waals surface area contributed by atoms with E-state index in [9.17, 15) is 19.5 Å². The number of hydrogen-bond acceptors (Lipinski definition) is 6. The van der Waals surface area contributed by atoms with Crippen molar-refractivity contribution in [1.29, 1.82) is 0 Å². The third-order valence-electron chi connectivity index (χ3n) is 9.27. The van der Waals surface area contributed by atoms with E-state index < -0.39 is 28.7 Å². The van der Waals surface area contributed by atoms with E-state index in [0.29, 0.717) is 24.5 Å². The van der Waals surface area contributed by atoms with E-state index in [0.717, 1.165) is 23.2 Å². The van der Waals surface area contributed by atoms with Crippen molar-refractivity contribution in [3.8, 4) is 5.75 Å². The zero-order valence-corrected chi connectivity index (χ0v) is 26.9. The Labute approximate surface area is 264 Å². The van der Waals surface area contributed by atoms with Gasteiger partial charge >= 0.3 is 0 Å². The smallest absolute Gasteiger partial charge is 0.251 e. The van der Waals surface area contributed by atoms with Crippen LogP contribution in [0.1, 0.15) is 37.8 Å². The van der Waals surface area contributed by atoms with Crippen molar-refractivity contribution < 1.29 is 24.2 Å². The molecular formula is C35H43N3O5S. The summed E-state index contributed by atoms with van der Waals surface area (Å²) in [6.45, 7) is 16.2. The van der Waals surface area contributed by atoms with Gasteiger partial charge in [-0.2, -0.15) is 0 Å². The van der Waals surface area contributed by atoms with Gasteiger partial charge in [0.05, 0.1) is 35.8 Å². The maximum atomic E-state index is 14.8. The topological polar surface area (TPSA) is 90.4 Å². The van der Waals surface area contributed by atoms with Gasteiger partial charge < -0.3 is 24.5 Å². The summed E-state index contributed by atoms with van der Waals surface area (Å²) in [7, 11) is 0. The van der Waals surface area contributed by atoms with Crippen LogP contribution in [0.5, 0.6) is 5.75 Å². The lowest BCUT2D eigenvalue weighted by Gasteiger charge is -2.39. The molecule has 3 aliphatic rings. The Balaban J connectivity index is 1.56.